The first-order valence-electron chi connectivity index (χ1n) is 6.14. The van der Waals surface area contributed by atoms with E-state index < -0.39 is 0 Å². The van der Waals surface area contributed by atoms with E-state index >= 15 is 0 Å². The SMILES string of the molecule is C=C=C(OC(=C=C)c1ccc(Br)cc1)c1ccc(Br)cc1. The molecule has 21 heavy (non-hydrogen) atoms. The van der Waals surface area contributed by atoms with Gasteiger partial charge in [0.15, 0.2) is 11.5 Å². The quantitative estimate of drug-likeness (QED) is 0.437. The van der Waals surface area contributed by atoms with Crippen LogP contribution in [0.4, 0.5) is 0 Å². The van der Waals surface area contributed by atoms with Gasteiger partial charge >= 0.3 is 0 Å². The van der Waals surface area contributed by atoms with Crippen molar-refractivity contribution in [1.82, 2.24) is 0 Å². The van der Waals surface area contributed by atoms with Crippen LogP contribution in [0, 0.1) is 0 Å². The molecule has 0 atom stereocenters. The van der Waals surface area contributed by atoms with Crippen molar-refractivity contribution in [1.29, 1.82) is 0 Å². The van der Waals surface area contributed by atoms with Gasteiger partial charge in [-0.25, -0.2) is 0 Å². The molecule has 1 nitrogen and oxygen atoms in total. The van der Waals surface area contributed by atoms with Gasteiger partial charge in [0.1, 0.15) is 0 Å². The van der Waals surface area contributed by atoms with Crippen LogP contribution < -0.4 is 0 Å². The summed E-state index contributed by atoms with van der Waals surface area (Å²) in [7, 11) is 0. The van der Waals surface area contributed by atoms with Crippen molar-refractivity contribution < 1.29 is 4.74 Å². The van der Waals surface area contributed by atoms with E-state index in [9.17, 15) is 0 Å². The van der Waals surface area contributed by atoms with Crippen LogP contribution in [0.5, 0.6) is 0 Å². The molecule has 0 fully saturated rings. The molecule has 0 aliphatic rings. The smallest absolute Gasteiger partial charge is 0.177 e. The first kappa shape index (κ1) is 15.6. The van der Waals surface area contributed by atoms with Gasteiger partial charge in [0, 0.05) is 20.1 Å². The van der Waals surface area contributed by atoms with Gasteiger partial charge in [-0.1, -0.05) is 56.5 Å². The minimum atomic E-state index is 0.538. The lowest BCUT2D eigenvalue weighted by atomic mass is 10.1. The predicted octanol–water partition coefficient (Wildman–Crippen LogP) is 6.18. The molecule has 2 aromatic rings. The van der Waals surface area contributed by atoms with E-state index in [4.69, 9.17) is 4.74 Å². The maximum atomic E-state index is 5.86. The Balaban J connectivity index is 2.29. The van der Waals surface area contributed by atoms with Crippen LogP contribution in [0.25, 0.3) is 11.5 Å². The average molecular weight is 404 g/mol. The lowest BCUT2D eigenvalue weighted by molar-refractivity contribution is 0.473. The first-order chi connectivity index (χ1) is 10.1. The Kier molecular flexibility index (Phi) is 5.44. The van der Waals surface area contributed by atoms with Crippen LogP contribution in [0.3, 0.4) is 0 Å². The third-order valence-corrected chi connectivity index (χ3v) is 3.80. The van der Waals surface area contributed by atoms with E-state index in [1.54, 1.807) is 0 Å². The summed E-state index contributed by atoms with van der Waals surface area (Å²) in [5.41, 5.74) is 7.40. The molecule has 0 aliphatic carbocycles. The highest BCUT2D eigenvalue weighted by molar-refractivity contribution is 9.10. The predicted molar refractivity (Wildman–Crippen MR) is 94.5 cm³/mol. The van der Waals surface area contributed by atoms with Crippen LogP contribution in [-0.4, -0.2) is 0 Å². The molecule has 0 saturated carbocycles. The average Bonchev–Trinajstić information content (AvgIpc) is 2.51. The maximum absolute atomic E-state index is 5.86. The summed E-state index contributed by atoms with van der Waals surface area (Å²) in [6.45, 7) is 7.37. The summed E-state index contributed by atoms with van der Waals surface area (Å²) in [4.78, 5) is 0. The minimum Gasteiger partial charge on any atom is -0.440 e. The summed E-state index contributed by atoms with van der Waals surface area (Å²) >= 11 is 6.81. The van der Waals surface area contributed by atoms with Crippen molar-refractivity contribution in [2.75, 3.05) is 0 Å². The summed E-state index contributed by atoms with van der Waals surface area (Å²) in [6, 6.07) is 15.5. The van der Waals surface area contributed by atoms with Gasteiger partial charge in [0.2, 0.25) is 0 Å². The molecule has 104 valence electrons. The highest BCUT2D eigenvalue weighted by Crippen LogP contribution is 2.25. The summed E-state index contributed by atoms with van der Waals surface area (Å²) < 4.78 is 7.86. The molecule has 2 aromatic carbocycles. The highest BCUT2D eigenvalue weighted by Gasteiger charge is 2.08. The largest absolute Gasteiger partial charge is 0.440 e. The van der Waals surface area contributed by atoms with Crippen LogP contribution in [-0.2, 0) is 4.74 Å². The second-order valence-electron chi connectivity index (χ2n) is 4.13. The molecule has 0 aliphatic heterocycles. The van der Waals surface area contributed by atoms with Gasteiger partial charge in [0.05, 0.1) is 0 Å². The Hall–Kier alpha value is -1.76. The van der Waals surface area contributed by atoms with Gasteiger partial charge < -0.3 is 4.74 Å². The molecule has 0 spiro atoms. The highest BCUT2D eigenvalue weighted by atomic mass is 79.9. The summed E-state index contributed by atoms with van der Waals surface area (Å²) in [5, 5.41) is 0. The zero-order valence-corrected chi connectivity index (χ0v) is 14.4. The molecule has 0 aromatic heterocycles. The van der Waals surface area contributed by atoms with Crippen LogP contribution in [0.15, 0.2) is 82.1 Å². The first-order valence-corrected chi connectivity index (χ1v) is 7.72. The van der Waals surface area contributed by atoms with E-state index in [2.05, 4.69) is 56.5 Å². The number of rotatable bonds is 4. The monoisotopic (exact) mass is 402 g/mol. The molecule has 2 rings (SSSR count). The minimum absolute atomic E-state index is 0.538. The van der Waals surface area contributed by atoms with Crippen molar-refractivity contribution in [3.05, 3.63) is 93.2 Å². The van der Waals surface area contributed by atoms with Crippen molar-refractivity contribution in [3.63, 3.8) is 0 Å². The molecule has 0 N–H and O–H groups in total. The molecular formula is C18H12Br2O. The standard InChI is InChI=1S/C18H12Br2O/c1-3-17(13-5-9-15(19)10-6-13)21-18(4-2)14-7-11-16(20)12-8-14/h5-12H,1-2H2. The second-order valence-corrected chi connectivity index (χ2v) is 5.96. The lowest BCUT2D eigenvalue weighted by Gasteiger charge is -2.10. The Morgan fingerprint density at radius 1 is 0.714 bits per heavy atom. The molecule has 0 unspecified atom stereocenters. The van der Waals surface area contributed by atoms with Crippen molar-refractivity contribution in [3.8, 4) is 0 Å². The summed E-state index contributed by atoms with van der Waals surface area (Å²) in [5.74, 6) is 1.08. The van der Waals surface area contributed by atoms with Crippen LogP contribution in [0.2, 0.25) is 0 Å². The van der Waals surface area contributed by atoms with Crippen molar-refractivity contribution in [2.45, 2.75) is 0 Å². The van der Waals surface area contributed by atoms with E-state index in [0.29, 0.717) is 11.5 Å². The van der Waals surface area contributed by atoms with Crippen LogP contribution in [0.1, 0.15) is 11.1 Å². The van der Waals surface area contributed by atoms with E-state index in [1.807, 2.05) is 48.5 Å². The second kappa shape index (κ2) is 7.31. The molecule has 3 heteroatoms. The Morgan fingerprint density at radius 2 is 1.05 bits per heavy atom. The number of benzene rings is 2. The Labute approximate surface area is 141 Å². The molecule has 0 saturated heterocycles. The fourth-order valence-corrected chi connectivity index (χ4v) is 2.23. The van der Waals surface area contributed by atoms with Gasteiger partial charge in [-0.2, -0.15) is 0 Å². The molecular weight excluding hydrogens is 392 g/mol. The van der Waals surface area contributed by atoms with Crippen LogP contribution >= 0.6 is 31.9 Å². The third kappa shape index (κ3) is 4.10. The van der Waals surface area contributed by atoms with E-state index in [0.717, 1.165) is 20.1 Å². The zero-order chi connectivity index (χ0) is 15.2. The summed E-state index contributed by atoms with van der Waals surface area (Å²) in [6.07, 6.45) is 0. The topological polar surface area (TPSA) is 9.23 Å². The Bertz CT molecular complexity index is 664. The third-order valence-electron chi connectivity index (χ3n) is 2.74. The molecule has 0 bridgehead atoms. The van der Waals surface area contributed by atoms with E-state index in [-0.39, 0.29) is 0 Å². The van der Waals surface area contributed by atoms with E-state index in [1.165, 1.54) is 0 Å². The number of hydrogen-bond donors (Lipinski definition) is 0. The zero-order valence-electron chi connectivity index (χ0n) is 11.2. The maximum Gasteiger partial charge on any atom is 0.177 e. The number of ether oxygens (including phenoxy) is 1. The molecule has 0 heterocycles. The lowest BCUT2D eigenvalue weighted by Crippen LogP contribution is -1.92. The van der Waals surface area contributed by atoms with Gasteiger partial charge in [-0.15, -0.1) is 0 Å². The van der Waals surface area contributed by atoms with Crippen molar-refractivity contribution in [2.24, 2.45) is 0 Å². The Morgan fingerprint density at radius 3 is 1.33 bits per heavy atom. The fraction of sp³-hybridized carbons (Fsp3) is 0. The van der Waals surface area contributed by atoms with Gasteiger partial charge in [-0.05, 0) is 48.5 Å². The normalized spacial score (nSPS) is 9.43. The van der Waals surface area contributed by atoms with Gasteiger partial charge in [-0.3, -0.25) is 0 Å². The number of halogens is 2. The molecule has 0 radical (unpaired) electrons. The molecule has 0 amide bonds. The van der Waals surface area contributed by atoms with Crippen molar-refractivity contribution >= 4 is 43.4 Å². The van der Waals surface area contributed by atoms with Gasteiger partial charge in [0.25, 0.3) is 0 Å². The fourth-order valence-electron chi connectivity index (χ4n) is 1.70. The number of hydrogen-bond acceptors (Lipinski definition) is 1.